The van der Waals surface area contributed by atoms with Gasteiger partial charge in [0.2, 0.25) is 0 Å². The first-order valence-electron chi connectivity index (χ1n) is 3.56. The number of hydrogen-bond acceptors (Lipinski definition) is 3. The molecule has 1 unspecified atom stereocenters. The minimum Gasteiger partial charge on any atom is -0.481 e. The summed E-state index contributed by atoms with van der Waals surface area (Å²) in [5.41, 5.74) is 5.94. The molecule has 5 nitrogen and oxygen atoms in total. The molecule has 12 heavy (non-hydrogen) atoms. The standard InChI is InChI=1S/C7H11N3O2/c1-10-4-9-3-6(10)5(2-8)7(11)12/h3-5H,2,8H2,1H3,(H,11,12). The predicted molar refractivity (Wildman–Crippen MR) is 42.6 cm³/mol. The largest absolute Gasteiger partial charge is 0.481 e. The maximum atomic E-state index is 10.7. The van der Waals surface area contributed by atoms with Crippen molar-refractivity contribution in [3.63, 3.8) is 0 Å². The van der Waals surface area contributed by atoms with Crippen molar-refractivity contribution in [2.75, 3.05) is 6.54 Å². The van der Waals surface area contributed by atoms with Crippen LogP contribution in [-0.2, 0) is 11.8 Å². The minimum absolute atomic E-state index is 0.0921. The van der Waals surface area contributed by atoms with E-state index in [1.165, 1.54) is 6.20 Å². The predicted octanol–water partition coefficient (Wildman–Crippen LogP) is -0.453. The molecule has 0 bridgehead atoms. The number of aryl methyl sites for hydroxylation is 1. The summed E-state index contributed by atoms with van der Waals surface area (Å²) in [4.78, 5) is 14.5. The van der Waals surface area contributed by atoms with Crippen LogP contribution in [0.15, 0.2) is 12.5 Å². The summed E-state index contributed by atoms with van der Waals surface area (Å²) in [6.07, 6.45) is 3.08. The number of aliphatic carboxylic acids is 1. The number of imidazole rings is 1. The number of nitrogens with two attached hydrogens (primary N) is 1. The van der Waals surface area contributed by atoms with E-state index in [2.05, 4.69) is 4.98 Å². The van der Waals surface area contributed by atoms with E-state index in [-0.39, 0.29) is 6.54 Å². The van der Waals surface area contributed by atoms with E-state index in [1.54, 1.807) is 17.9 Å². The molecular formula is C7H11N3O2. The highest BCUT2D eigenvalue weighted by atomic mass is 16.4. The molecule has 0 aliphatic heterocycles. The lowest BCUT2D eigenvalue weighted by Crippen LogP contribution is -2.23. The first-order chi connectivity index (χ1) is 5.66. The molecule has 1 aromatic rings. The minimum atomic E-state index is -0.916. The molecule has 0 saturated heterocycles. The van der Waals surface area contributed by atoms with Crippen molar-refractivity contribution < 1.29 is 9.90 Å². The van der Waals surface area contributed by atoms with Gasteiger partial charge in [0, 0.05) is 19.8 Å². The molecule has 5 heteroatoms. The number of carbonyl (C=O) groups is 1. The molecule has 0 radical (unpaired) electrons. The highest BCUT2D eigenvalue weighted by molar-refractivity contribution is 5.75. The van der Waals surface area contributed by atoms with Gasteiger partial charge < -0.3 is 15.4 Å². The molecule has 1 heterocycles. The van der Waals surface area contributed by atoms with E-state index < -0.39 is 11.9 Å². The zero-order valence-electron chi connectivity index (χ0n) is 6.77. The summed E-state index contributed by atoms with van der Waals surface area (Å²) in [6.45, 7) is 0.0921. The summed E-state index contributed by atoms with van der Waals surface area (Å²) in [5, 5.41) is 8.75. The van der Waals surface area contributed by atoms with Gasteiger partial charge in [-0.2, -0.15) is 0 Å². The fourth-order valence-corrected chi connectivity index (χ4v) is 1.05. The quantitative estimate of drug-likeness (QED) is 0.642. The first kappa shape index (κ1) is 8.73. The first-order valence-corrected chi connectivity index (χ1v) is 3.56. The van der Waals surface area contributed by atoms with Gasteiger partial charge in [0.1, 0.15) is 5.92 Å². The van der Waals surface area contributed by atoms with E-state index in [0.717, 1.165) is 0 Å². The maximum absolute atomic E-state index is 10.7. The van der Waals surface area contributed by atoms with Crippen LogP contribution >= 0.6 is 0 Å². The SMILES string of the molecule is Cn1cncc1C(CN)C(=O)O. The Bertz CT molecular complexity index is 282. The lowest BCUT2D eigenvalue weighted by Gasteiger charge is -2.09. The number of rotatable bonds is 3. The Balaban J connectivity index is 2.94. The van der Waals surface area contributed by atoms with Crippen LogP contribution in [0.5, 0.6) is 0 Å². The van der Waals surface area contributed by atoms with Crippen molar-refractivity contribution in [1.82, 2.24) is 9.55 Å². The van der Waals surface area contributed by atoms with Crippen molar-refractivity contribution in [2.24, 2.45) is 12.8 Å². The number of aromatic nitrogens is 2. The van der Waals surface area contributed by atoms with Crippen LogP contribution in [0.1, 0.15) is 11.6 Å². The van der Waals surface area contributed by atoms with Crippen LogP contribution in [0.25, 0.3) is 0 Å². The monoisotopic (exact) mass is 169 g/mol. The molecular weight excluding hydrogens is 158 g/mol. The molecule has 0 spiro atoms. The van der Waals surface area contributed by atoms with Crippen LogP contribution < -0.4 is 5.73 Å². The Hall–Kier alpha value is -1.36. The number of nitrogens with zero attached hydrogens (tertiary/aromatic N) is 2. The van der Waals surface area contributed by atoms with Crippen LogP contribution in [0.3, 0.4) is 0 Å². The summed E-state index contributed by atoms with van der Waals surface area (Å²) >= 11 is 0. The summed E-state index contributed by atoms with van der Waals surface area (Å²) in [7, 11) is 1.74. The van der Waals surface area contributed by atoms with Gasteiger partial charge in [-0.15, -0.1) is 0 Å². The average molecular weight is 169 g/mol. The molecule has 0 fully saturated rings. The van der Waals surface area contributed by atoms with E-state index in [0.29, 0.717) is 5.69 Å². The normalized spacial score (nSPS) is 12.8. The van der Waals surface area contributed by atoms with Crippen LogP contribution in [0, 0.1) is 0 Å². The highest BCUT2D eigenvalue weighted by Crippen LogP contribution is 2.12. The number of carboxylic acids is 1. The lowest BCUT2D eigenvalue weighted by atomic mass is 10.1. The van der Waals surface area contributed by atoms with Crippen molar-refractivity contribution >= 4 is 5.97 Å². The molecule has 66 valence electrons. The third kappa shape index (κ3) is 1.45. The van der Waals surface area contributed by atoms with Gasteiger partial charge in [0.25, 0.3) is 0 Å². The second-order valence-electron chi connectivity index (χ2n) is 2.56. The molecule has 0 amide bonds. The molecule has 0 aromatic carbocycles. The smallest absolute Gasteiger partial charge is 0.313 e. The molecule has 1 atom stereocenters. The summed E-state index contributed by atoms with van der Waals surface area (Å²) in [6, 6.07) is 0. The van der Waals surface area contributed by atoms with Gasteiger partial charge in [-0.05, 0) is 0 Å². The van der Waals surface area contributed by atoms with Gasteiger partial charge in [0.15, 0.2) is 0 Å². The van der Waals surface area contributed by atoms with Gasteiger partial charge in [0.05, 0.1) is 12.0 Å². The van der Waals surface area contributed by atoms with E-state index >= 15 is 0 Å². The lowest BCUT2D eigenvalue weighted by molar-refractivity contribution is -0.138. The fourth-order valence-electron chi connectivity index (χ4n) is 1.05. The second kappa shape index (κ2) is 3.36. The fraction of sp³-hybridized carbons (Fsp3) is 0.429. The number of carboxylic acid groups (broad SMARTS) is 1. The summed E-state index contributed by atoms with van der Waals surface area (Å²) < 4.78 is 1.66. The van der Waals surface area contributed by atoms with Crippen LogP contribution in [0.2, 0.25) is 0 Å². The topological polar surface area (TPSA) is 81.1 Å². The van der Waals surface area contributed by atoms with Gasteiger partial charge in [-0.3, -0.25) is 4.79 Å². The molecule has 0 aliphatic rings. The Morgan fingerprint density at radius 3 is 2.92 bits per heavy atom. The average Bonchev–Trinajstić information content (AvgIpc) is 2.38. The molecule has 1 aromatic heterocycles. The van der Waals surface area contributed by atoms with Gasteiger partial charge >= 0.3 is 5.97 Å². The van der Waals surface area contributed by atoms with Crippen molar-refractivity contribution in [2.45, 2.75) is 5.92 Å². The second-order valence-corrected chi connectivity index (χ2v) is 2.56. The zero-order valence-corrected chi connectivity index (χ0v) is 6.77. The van der Waals surface area contributed by atoms with E-state index in [9.17, 15) is 4.79 Å². The number of hydrogen-bond donors (Lipinski definition) is 2. The van der Waals surface area contributed by atoms with Crippen LogP contribution in [0.4, 0.5) is 0 Å². The Morgan fingerprint density at radius 2 is 2.58 bits per heavy atom. The Labute approximate surface area is 69.8 Å². The van der Waals surface area contributed by atoms with Gasteiger partial charge in [-0.25, -0.2) is 4.98 Å². The Morgan fingerprint density at radius 1 is 1.92 bits per heavy atom. The molecule has 3 N–H and O–H groups in total. The van der Waals surface area contributed by atoms with Crippen LogP contribution in [-0.4, -0.2) is 27.2 Å². The van der Waals surface area contributed by atoms with Crippen molar-refractivity contribution in [3.8, 4) is 0 Å². The highest BCUT2D eigenvalue weighted by Gasteiger charge is 2.20. The van der Waals surface area contributed by atoms with E-state index in [4.69, 9.17) is 10.8 Å². The van der Waals surface area contributed by atoms with Crippen molar-refractivity contribution in [3.05, 3.63) is 18.2 Å². The van der Waals surface area contributed by atoms with E-state index in [1.807, 2.05) is 0 Å². The third-order valence-corrected chi connectivity index (χ3v) is 1.74. The molecule has 0 saturated carbocycles. The van der Waals surface area contributed by atoms with Crippen molar-refractivity contribution in [1.29, 1.82) is 0 Å². The Kier molecular flexibility index (Phi) is 2.44. The molecule has 1 rings (SSSR count). The van der Waals surface area contributed by atoms with Gasteiger partial charge in [-0.1, -0.05) is 0 Å². The molecule has 0 aliphatic carbocycles. The maximum Gasteiger partial charge on any atom is 0.313 e. The third-order valence-electron chi connectivity index (χ3n) is 1.74. The summed E-state index contributed by atoms with van der Waals surface area (Å²) in [5.74, 6) is -1.57. The zero-order chi connectivity index (χ0) is 9.14.